The summed E-state index contributed by atoms with van der Waals surface area (Å²) in [7, 11) is 0. The molecule has 3 heteroatoms. The van der Waals surface area contributed by atoms with Crippen LogP contribution in [0.1, 0.15) is 16.7 Å². The van der Waals surface area contributed by atoms with Crippen molar-refractivity contribution in [3.63, 3.8) is 0 Å². The smallest absolute Gasteiger partial charge is 0.106 e. The fourth-order valence-electron chi connectivity index (χ4n) is 1.65. The van der Waals surface area contributed by atoms with Gasteiger partial charge in [-0.25, -0.2) is 4.98 Å². The molecule has 0 unspecified atom stereocenters. The number of aliphatic hydroxyl groups excluding tert-OH is 1. The number of nitrogens with zero attached hydrogens (tertiary/aromatic N) is 1. The van der Waals surface area contributed by atoms with E-state index >= 15 is 0 Å². The highest BCUT2D eigenvalue weighted by Crippen LogP contribution is 2.31. The molecule has 1 heterocycles. The van der Waals surface area contributed by atoms with E-state index < -0.39 is 0 Å². The molecule has 2 rings (SSSR count). The Bertz CT molecular complexity index is 525. The zero-order valence-electron chi connectivity index (χ0n) is 9.97. The third-order valence-corrected chi connectivity index (χ3v) is 3.80. The maximum Gasteiger partial charge on any atom is 0.106 e. The summed E-state index contributed by atoms with van der Waals surface area (Å²) in [4.78, 5) is 5.50. The second kappa shape index (κ2) is 5.34. The van der Waals surface area contributed by atoms with Crippen molar-refractivity contribution < 1.29 is 5.11 Å². The number of benzene rings is 1. The third kappa shape index (κ3) is 2.87. The lowest BCUT2D eigenvalue weighted by molar-refractivity contribution is 0.278. The van der Waals surface area contributed by atoms with E-state index in [0.29, 0.717) is 0 Å². The van der Waals surface area contributed by atoms with Gasteiger partial charge in [-0.3, -0.25) is 0 Å². The molecule has 88 valence electrons. The Hall–Kier alpha value is -1.32. The maximum atomic E-state index is 9.26. The number of aromatic nitrogens is 1. The van der Waals surface area contributed by atoms with Crippen LogP contribution in [-0.4, -0.2) is 10.1 Å². The highest BCUT2D eigenvalue weighted by Gasteiger charge is 2.06. The Morgan fingerprint density at radius 3 is 2.76 bits per heavy atom. The Labute approximate surface area is 106 Å². The van der Waals surface area contributed by atoms with Gasteiger partial charge in [0.1, 0.15) is 5.03 Å². The summed E-state index contributed by atoms with van der Waals surface area (Å²) in [5.41, 5.74) is 3.37. The second-order valence-corrected chi connectivity index (χ2v) is 5.03. The van der Waals surface area contributed by atoms with Gasteiger partial charge in [0.05, 0.1) is 6.61 Å². The Morgan fingerprint density at radius 1 is 1.24 bits per heavy atom. The van der Waals surface area contributed by atoms with E-state index in [0.717, 1.165) is 10.6 Å². The van der Waals surface area contributed by atoms with Gasteiger partial charge >= 0.3 is 0 Å². The van der Waals surface area contributed by atoms with Crippen LogP contribution >= 0.6 is 11.8 Å². The van der Waals surface area contributed by atoms with E-state index in [1.807, 2.05) is 12.1 Å². The first kappa shape index (κ1) is 12.1. The molecule has 1 N–H and O–H groups in total. The summed E-state index contributed by atoms with van der Waals surface area (Å²) < 4.78 is 0. The molecule has 0 aliphatic heterocycles. The fourth-order valence-corrected chi connectivity index (χ4v) is 2.60. The summed E-state index contributed by atoms with van der Waals surface area (Å²) >= 11 is 1.60. The average molecular weight is 245 g/mol. The molecule has 2 aromatic rings. The molecule has 1 aromatic carbocycles. The van der Waals surface area contributed by atoms with Crippen LogP contribution in [0.3, 0.4) is 0 Å². The van der Waals surface area contributed by atoms with Gasteiger partial charge in [-0.05, 0) is 31.5 Å². The van der Waals surface area contributed by atoms with Gasteiger partial charge in [0.15, 0.2) is 0 Å². The van der Waals surface area contributed by atoms with Gasteiger partial charge < -0.3 is 5.11 Å². The Kier molecular flexibility index (Phi) is 3.82. The number of pyridine rings is 1. The number of aliphatic hydroxyl groups is 1. The molecule has 0 aliphatic rings. The van der Waals surface area contributed by atoms with E-state index in [9.17, 15) is 5.11 Å². The normalized spacial score (nSPS) is 10.5. The fraction of sp³-hybridized carbons (Fsp3) is 0.214. The molecule has 0 radical (unpaired) electrons. The lowest BCUT2D eigenvalue weighted by atomic mass is 10.2. The molecule has 0 saturated carbocycles. The second-order valence-electron chi connectivity index (χ2n) is 4.00. The van der Waals surface area contributed by atoms with Crippen molar-refractivity contribution in [2.75, 3.05) is 0 Å². The number of aryl methyl sites for hydroxylation is 2. The van der Waals surface area contributed by atoms with Crippen LogP contribution in [0.2, 0.25) is 0 Å². The number of hydrogen-bond donors (Lipinski definition) is 1. The molecule has 0 atom stereocenters. The van der Waals surface area contributed by atoms with E-state index in [1.165, 1.54) is 16.0 Å². The molecular weight excluding hydrogens is 230 g/mol. The third-order valence-electron chi connectivity index (χ3n) is 2.56. The van der Waals surface area contributed by atoms with Crippen molar-refractivity contribution in [3.8, 4) is 0 Å². The van der Waals surface area contributed by atoms with Gasteiger partial charge in [0, 0.05) is 16.7 Å². The summed E-state index contributed by atoms with van der Waals surface area (Å²) in [5, 5.41) is 10.1. The van der Waals surface area contributed by atoms with E-state index in [2.05, 4.69) is 37.0 Å². The van der Waals surface area contributed by atoms with Crippen LogP contribution < -0.4 is 0 Å². The molecule has 0 bridgehead atoms. The van der Waals surface area contributed by atoms with Gasteiger partial charge in [0.2, 0.25) is 0 Å². The first-order chi connectivity index (χ1) is 8.20. The lowest BCUT2D eigenvalue weighted by Crippen LogP contribution is -1.91. The SMILES string of the molecule is Cc1ccc(Sc2ncccc2CO)c(C)c1. The monoisotopic (exact) mass is 245 g/mol. The topological polar surface area (TPSA) is 33.1 Å². The molecule has 1 aromatic heterocycles. The van der Waals surface area contributed by atoms with Crippen molar-refractivity contribution >= 4 is 11.8 Å². The Balaban J connectivity index is 2.31. The van der Waals surface area contributed by atoms with Crippen molar-refractivity contribution in [2.45, 2.75) is 30.4 Å². The van der Waals surface area contributed by atoms with E-state index in [-0.39, 0.29) is 6.61 Å². The van der Waals surface area contributed by atoms with Gasteiger partial charge in [-0.15, -0.1) is 0 Å². The van der Waals surface area contributed by atoms with Crippen LogP contribution in [0.5, 0.6) is 0 Å². The van der Waals surface area contributed by atoms with Crippen molar-refractivity contribution in [3.05, 3.63) is 53.2 Å². The molecular formula is C14H15NOS. The minimum atomic E-state index is 0.0289. The van der Waals surface area contributed by atoms with Crippen LogP contribution in [-0.2, 0) is 6.61 Å². The quantitative estimate of drug-likeness (QED) is 0.900. The van der Waals surface area contributed by atoms with Crippen molar-refractivity contribution in [1.29, 1.82) is 0 Å². The van der Waals surface area contributed by atoms with Gasteiger partial charge in [-0.2, -0.15) is 0 Å². The van der Waals surface area contributed by atoms with Gasteiger partial charge in [0.25, 0.3) is 0 Å². The Morgan fingerprint density at radius 2 is 2.06 bits per heavy atom. The van der Waals surface area contributed by atoms with Crippen LogP contribution in [0.15, 0.2) is 46.5 Å². The van der Waals surface area contributed by atoms with Crippen molar-refractivity contribution in [2.24, 2.45) is 0 Å². The predicted molar refractivity (Wildman–Crippen MR) is 70.2 cm³/mol. The minimum absolute atomic E-state index is 0.0289. The van der Waals surface area contributed by atoms with E-state index in [1.54, 1.807) is 18.0 Å². The van der Waals surface area contributed by atoms with Crippen LogP contribution in [0.4, 0.5) is 0 Å². The summed E-state index contributed by atoms with van der Waals surface area (Å²) in [6, 6.07) is 10.1. The van der Waals surface area contributed by atoms with Crippen molar-refractivity contribution in [1.82, 2.24) is 4.98 Å². The maximum absolute atomic E-state index is 9.26. The predicted octanol–water partition coefficient (Wildman–Crippen LogP) is 3.34. The molecule has 0 amide bonds. The largest absolute Gasteiger partial charge is 0.392 e. The minimum Gasteiger partial charge on any atom is -0.392 e. The first-order valence-electron chi connectivity index (χ1n) is 5.50. The molecule has 17 heavy (non-hydrogen) atoms. The molecule has 2 nitrogen and oxygen atoms in total. The first-order valence-corrected chi connectivity index (χ1v) is 6.32. The highest BCUT2D eigenvalue weighted by atomic mass is 32.2. The summed E-state index contributed by atoms with van der Waals surface area (Å²) in [6.45, 7) is 4.21. The molecule has 0 fully saturated rings. The molecule has 0 saturated heterocycles. The molecule has 0 aliphatic carbocycles. The highest BCUT2D eigenvalue weighted by molar-refractivity contribution is 7.99. The van der Waals surface area contributed by atoms with E-state index in [4.69, 9.17) is 0 Å². The zero-order chi connectivity index (χ0) is 12.3. The number of rotatable bonds is 3. The number of hydrogen-bond acceptors (Lipinski definition) is 3. The zero-order valence-corrected chi connectivity index (χ0v) is 10.8. The summed E-state index contributed by atoms with van der Waals surface area (Å²) in [6.07, 6.45) is 1.75. The van der Waals surface area contributed by atoms with Gasteiger partial charge in [-0.1, -0.05) is 35.5 Å². The van der Waals surface area contributed by atoms with Crippen LogP contribution in [0, 0.1) is 13.8 Å². The molecule has 0 spiro atoms. The average Bonchev–Trinajstić information content (AvgIpc) is 2.33. The van der Waals surface area contributed by atoms with Crippen LogP contribution in [0.25, 0.3) is 0 Å². The lowest BCUT2D eigenvalue weighted by Gasteiger charge is -2.08. The summed E-state index contributed by atoms with van der Waals surface area (Å²) in [5.74, 6) is 0. The standard InChI is InChI=1S/C14H15NOS/c1-10-5-6-13(11(2)8-10)17-14-12(9-16)4-3-7-15-14/h3-8,16H,9H2,1-2H3.